The molecule has 0 radical (unpaired) electrons. The number of rotatable bonds is 11. The van der Waals surface area contributed by atoms with Crippen molar-refractivity contribution in [1.29, 1.82) is 0 Å². The predicted molar refractivity (Wildman–Crippen MR) is 233 cm³/mol. The maximum absolute atomic E-state index is 16.0. The van der Waals surface area contributed by atoms with Crippen molar-refractivity contribution >= 4 is 56.4 Å². The van der Waals surface area contributed by atoms with Crippen LogP contribution in [0, 0.1) is 17.7 Å². The summed E-state index contributed by atoms with van der Waals surface area (Å²) >= 11 is 1.50. The van der Waals surface area contributed by atoms with Gasteiger partial charge in [0.05, 0.1) is 32.9 Å². The molecule has 4 fully saturated rings. The number of pyridine rings is 1. The summed E-state index contributed by atoms with van der Waals surface area (Å²) in [5, 5.41) is 3.28. The topological polar surface area (TPSA) is 162 Å². The van der Waals surface area contributed by atoms with E-state index >= 15 is 4.39 Å². The molecule has 16 heteroatoms. The Morgan fingerprint density at radius 3 is 2.08 bits per heavy atom. The number of piperidine rings is 4. The molecule has 0 spiro atoms. The van der Waals surface area contributed by atoms with E-state index < -0.39 is 15.8 Å². The number of nitrogens with zero attached hydrogens (tertiary/aromatic N) is 5. The molecule has 4 aromatic rings. The van der Waals surface area contributed by atoms with Crippen LogP contribution in [-0.2, 0) is 29.2 Å². The van der Waals surface area contributed by atoms with Crippen LogP contribution in [0.4, 0.5) is 15.8 Å². The SMILES string of the molecule is CCCS(=O)(=O)Nc1cccc(-c2nc(C3CCN(C(=O)C4CCN(C(=O)C5CCN(c6ccc([C@@H]7CCC(=O)NC7=O)cc6)CC5)CC4)CC3)sc2-c2ccncc2)c1F. The fourth-order valence-corrected chi connectivity index (χ4v) is 11.6. The first-order valence-electron chi connectivity index (χ1n) is 21.4. The van der Waals surface area contributed by atoms with E-state index in [1.807, 2.05) is 46.2 Å². The van der Waals surface area contributed by atoms with Gasteiger partial charge in [-0.05, 0) is 98.9 Å². The minimum Gasteiger partial charge on any atom is -0.371 e. The van der Waals surface area contributed by atoms with Gasteiger partial charge in [-0.1, -0.05) is 25.1 Å². The van der Waals surface area contributed by atoms with Gasteiger partial charge in [0, 0.05) is 87.1 Å². The minimum atomic E-state index is -3.71. The number of benzene rings is 2. The number of halogens is 1. The van der Waals surface area contributed by atoms with Crippen LogP contribution in [0.3, 0.4) is 0 Å². The highest BCUT2D eigenvalue weighted by atomic mass is 32.2. The molecule has 4 aliphatic heterocycles. The highest BCUT2D eigenvalue weighted by Crippen LogP contribution is 2.43. The lowest BCUT2D eigenvalue weighted by atomic mass is 9.89. The summed E-state index contributed by atoms with van der Waals surface area (Å²) in [4.78, 5) is 67.4. The zero-order chi connectivity index (χ0) is 42.7. The van der Waals surface area contributed by atoms with Crippen molar-refractivity contribution in [3.05, 3.63) is 83.4 Å². The van der Waals surface area contributed by atoms with Gasteiger partial charge >= 0.3 is 0 Å². The fourth-order valence-electron chi connectivity index (χ4n) is 9.20. The molecule has 4 saturated heterocycles. The molecule has 0 saturated carbocycles. The summed E-state index contributed by atoms with van der Waals surface area (Å²) in [5.41, 5.74) is 3.35. The number of nitrogens with one attached hydrogen (secondary N) is 2. The highest BCUT2D eigenvalue weighted by Gasteiger charge is 2.36. The van der Waals surface area contributed by atoms with Crippen LogP contribution in [0.1, 0.15) is 87.1 Å². The fraction of sp³-hybridized carbons (Fsp3) is 0.467. The van der Waals surface area contributed by atoms with Gasteiger partial charge in [0.15, 0.2) is 5.82 Å². The van der Waals surface area contributed by atoms with Gasteiger partial charge in [0.2, 0.25) is 33.7 Å². The molecular weight excluding hydrogens is 818 g/mol. The molecule has 2 aromatic heterocycles. The maximum atomic E-state index is 16.0. The van der Waals surface area contributed by atoms with E-state index in [1.54, 1.807) is 31.5 Å². The van der Waals surface area contributed by atoms with E-state index in [0.717, 1.165) is 52.6 Å². The Kier molecular flexibility index (Phi) is 12.8. The zero-order valence-corrected chi connectivity index (χ0v) is 36.0. The quantitative estimate of drug-likeness (QED) is 0.160. The number of likely N-dealkylation sites (tertiary alicyclic amines) is 2. The molecule has 0 aliphatic carbocycles. The summed E-state index contributed by atoms with van der Waals surface area (Å²) in [7, 11) is -3.71. The number of anilines is 2. The summed E-state index contributed by atoms with van der Waals surface area (Å²) in [6.45, 7) is 5.60. The Bertz CT molecular complexity index is 2350. The van der Waals surface area contributed by atoms with Gasteiger partial charge in [-0.3, -0.25) is 34.2 Å². The molecule has 2 aromatic carbocycles. The van der Waals surface area contributed by atoms with Gasteiger partial charge in [-0.2, -0.15) is 0 Å². The summed E-state index contributed by atoms with van der Waals surface area (Å²) < 4.78 is 43.5. The van der Waals surface area contributed by atoms with E-state index in [9.17, 15) is 27.6 Å². The Morgan fingerprint density at radius 2 is 1.46 bits per heavy atom. The third-order valence-corrected chi connectivity index (χ3v) is 15.4. The Balaban J connectivity index is 0.835. The summed E-state index contributed by atoms with van der Waals surface area (Å²) in [5.74, 6) is -1.35. The third-order valence-electron chi connectivity index (χ3n) is 12.6. The van der Waals surface area contributed by atoms with Gasteiger partial charge in [-0.15, -0.1) is 11.3 Å². The van der Waals surface area contributed by atoms with E-state index in [2.05, 4.69) is 19.9 Å². The van der Waals surface area contributed by atoms with Crippen molar-refractivity contribution in [2.24, 2.45) is 11.8 Å². The van der Waals surface area contributed by atoms with Crippen molar-refractivity contribution in [3.8, 4) is 21.7 Å². The second-order valence-electron chi connectivity index (χ2n) is 16.6. The van der Waals surface area contributed by atoms with Crippen LogP contribution in [0.2, 0.25) is 0 Å². The second-order valence-corrected chi connectivity index (χ2v) is 19.5. The molecular formula is C45H52FN7O6S2. The molecule has 0 unspecified atom stereocenters. The van der Waals surface area contributed by atoms with Crippen molar-refractivity contribution < 1.29 is 32.0 Å². The minimum absolute atomic E-state index is 0.0465. The second kappa shape index (κ2) is 18.4. The van der Waals surface area contributed by atoms with Gasteiger partial charge in [-0.25, -0.2) is 17.8 Å². The summed E-state index contributed by atoms with van der Waals surface area (Å²) in [6.07, 6.45) is 8.86. The zero-order valence-electron chi connectivity index (χ0n) is 34.4. The van der Waals surface area contributed by atoms with E-state index in [4.69, 9.17) is 4.98 Å². The highest BCUT2D eigenvalue weighted by molar-refractivity contribution is 7.92. The monoisotopic (exact) mass is 869 g/mol. The van der Waals surface area contributed by atoms with Gasteiger partial charge in [0.1, 0.15) is 0 Å². The Morgan fingerprint density at radius 1 is 0.836 bits per heavy atom. The first kappa shape index (κ1) is 42.5. The number of amides is 4. The van der Waals surface area contributed by atoms with E-state index in [0.29, 0.717) is 76.8 Å². The number of sulfonamides is 1. The molecule has 0 bridgehead atoms. The molecule has 6 heterocycles. The Hall–Kier alpha value is -5.22. The summed E-state index contributed by atoms with van der Waals surface area (Å²) in [6, 6.07) is 16.3. The first-order valence-corrected chi connectivity index (χ1v) is 23.9. The normalized spacial score (nSPS) is 19.8. The smallest absolute Gasteiger partial charge is 0.234 e. The van der Waals surface area contributed by atoms with Crippen LogP contribution in [0.25, 0.3) is 21.7 Å². The molecule has 13 nitrogen and oxygen atoms in total. The number of hydrogen-bond donors (Lipinski definition) is 2. The average Bonchev–Trinajstić information content (AvgIpc) is 3.72. The molecule has 4 amide bonds. The molecule has 61 heavy (non-hydrogen) atoms. The molecule has 1 atom stereocenters. The van der Waals surface area contributed by atoms with Crippen molar-refractivity contribution in [1.82, 2.24) is 25.1 Å². The number of thiazole rings is 1. The van der Waals surface area contributed by atoms with Gasteiger partial charge < -0.3 is 14.7 Å². The van der Waals surface area contributed by atoms with Crippen molar-refractivity contribution in [2.45, 2.75) is 76.5 Å². The molecule has 4 aliphatic rings. The van der Waals surface area contributed by atoms with Crippen LogP contribution in [-0.4, -0.2) is 96.8 Å². The first-order chi connectivity index (χ1) is 29.5. The van der Waals surface area contributed by atoms with Crippen molar-refractivity contribution in [2.75, 3.05) is 54.6 Å². The molecule has 8 rings (SSSR count). The van der Waals surface area contributed by atoms with Gasteiger partial charge in [0.25, 0.3) is 0 Å². The van der Waals surface area contributed by atoms with Crippen LogP contribution < -0.4 is 14.9 Å². The third kappa shape index (κ3) is 9.49. The number of hydrogen-bond acceptors (Lipinski definition) is 10. The predicted octanol–water partition coefficient (Wildman–Crippen LogP) is 6.54. The van der Waals surface area contributed by atoms with E-state index in [1.165, 1.54) is 17.4 Å². The lowest BCUT2D eigenvalue weighted by Gasteiger charge is -2.39. The number of carbonyl (C=O) groups is 4. The van der Waals surface area contributed by atoms with Crippen LogP contribution >= 0.6 is 11.3 Å². The van der Waals surface area contributed by atoms with E-state index in [-0.39, 0.29) is 64.3 Å². The number of aromatic nitrogens is 2. The molecule has 2 N–H and O–H groups in total. The average molecular weight is 870 g/mol. The Labute approximate surface area is 360 Å². The number of carbonyl (C=O) groups excluding carboxylic acids is 4. The number of imide groups is 1. The van der Waals surface area contributed by atoms with Crippen LogP contribution in [0.5, 0.6) is 0 Å². The van der Waals surface area contributed by atoms with Crippen molar-refractivity contribution in [3.63, 3.8) is 0 Å². The standard InChI is InChI=1S/C45H52FN7O6S2/c1-2-28-61(58,59)50-37-5-3-4-36(39(37)46)40-41(30-12-20-47-21-13-30)60-43(49-40)31-14-24-52(25-15-31)45(57)33-18-26-53(27-19-33)44(56)32-16-22-51(23-17-32)34-8-6-29(7-9-34)35-10-11-38(54)48-42(35)55/h3-9,12-13,20-21,31-33,35,50H,2,10-11,14-19,22-28H2,1H3,(H,48,54,55)/t35-/m0/s1. The van der Waals surface area contributed by atoms with Crippen LogP contribution in [0.15, 0.2) is 67.0 Å². The largest absolute Gasteiger partial charge is 0.371 e. The maximum Gasteiger partial charge on any atom is 0.234 e. The lowest BCUT2D eigenvalue weighted by molar-refractivity contribution is -0.143. The molecule has 322 valence electrons. The lowest BCUT2D eigenvalue weighted by Crippen LogP contribution is -2.48.